The third-order valence-corrected chi connectivity index (χ3v) is 6.33. The van der Waals surface area contributed by atoms with Crippen LogP contribution in [0.3, 0.4) is 0 Å². The smallest absolute Gasteiger partial charge is 0.233 e. The summed E-state index contributed by atoms with van der Waals surface area (Å²) in [5.41, 5.74) is 1.70. The van der Waals surface area contributed by atoms with E-state index in [-0.39, 0.29) is 17.7 Å². The van der Waals surface area contributed by atoms with Crippen LogP contribution in [0.15, 0.2) is 60.1 Å². The van der Waals surface area contributed by atoms with Gasteiger partial charge in [0, 0.05) is 18.4 Å². The van der Waals surface area contributed by atoms with Crippen molar-refractivity contribution in [1.29, 1.82) is 0 Å². The maximum atomic E-state index is 13.1. The van der Waals surface area contributed by atoms with Crippen LogP contribution in [-0.4, -0.2) is 59.6 Å². The number of thioether (sulfide) groups is 1. The molecule has 1 atom stereocenters. The quantitative estimate of drug-likeness (QED) is 0.430. The van der Waals surface area contributed by atoms with E-state index in [0.717, 1.165) is 42.3 Å². The van der Waals surface area contributed by atoms with E-state index < -0.39 is 0 Å². The average molecular weight is 436 g/mol. The number of aromatic nitrogens is 6. The first-order chi connectivity index (χ1) is 15.2. The standard InChI is InChI=1S/C21H21N7O2S/c1-30-16-9-7-15(8-10-16)28-14-22-25-21(28)31-13-19(29)26-12-4-5-17(26)20-24-23-18-6-2-3-11-27(18)20/h2-3,6-11,14,17H,4-5,12-13H2,1H3/t17-/m1/s1. The Hall–Kier alpha value is -3.40. The second-order valence-electron chi connectivity index (χ2n) is 7.20. The van der Waals surface area contributed by atoms with Crippen molar-refractivity contribution in [3.63, 3.8) is 0 Å². The van der Waals surface area contributed by atoms with Gasteiger partial charge in [0.2, 0.25) is 5.91 Å². The van der Waals surface area contributed by atoms with Crippen LogP contribution in [0, 0.1) is 0 Å². The van der Waals surface area contributed by atoms with Gasteiger partial charge in [-0.2, -0.15) is 0 Å². The number of rotatable bonds is 6. The number of nitrogens with zero attached hydrogens (tertiary/aromatic N) is 7. The summed E-state index contributed by atoms with van der Waals surface area (Å²) in [6, 6.07) is 13.4. The number of benzene rings is 1. The third kappa shape index (κ3) is 3.74. The molecule has 1 aliphatic rings. The molecule has 1 aliphatic heterocycles. The molecule has 0 aliphatic carbocycles. The third-order valence-electron chi connectivity index (χ3n) is 5.40. The second kappa shape index (κ2) is 8.38. The van der Waals surface area contributed by atoms with E-state index in [9.17, 15) is 4.79 Å². The zero-order valence-electron chi connectivity index (χ0n) is 17.0. The zero-order chi connectivity index (χ0) is 21.2. The van der Waals surface area contributed by atoms with Crippen molar-refractivity contribution in [2.24, 2.45) is 0 Å². The molecule has 0 radical (unpaired) electrons. The van der Waals surface area contributed by atoms with Gasteiger partial charge in [0.05, 0.1) is 18.9 Å². The van der Waals surface area contributed by atoms with Crippen LogP contribution in [0.1, 0.15) is 24.7 Å². The topological polar surface area (TPSA) is 90.4 Å². The number of methoxy groups -OCH3 is 1. The molecule has 1 aromatic carbocycles. The first-order valence-corrected chi connectivity index (χ1v) is 11.0. The number of pyridine rings is 1. The van der Waals surface area contributed by atoms with E-state index in [4.69, 9.17) is 4.74 Å². The van der Waals surface area contributed by atoms with Gasteiger partial charge in [0.25, 0.3) is 0 Å². The predicted molar refractivity (Wildman–Crippen MR) is 115 cm³/mol. The Kier molecular flexibility index (Phi) is 5.29. The molecule has 9 nitrogen and oxygen atoms in total. The molecule has 5 rings (SSSR count). The fourth-order valence-corrected chi connectivity index (χ4v) is 4.69. The summed E-state index contributed by atoms with van der Waals surface area (Å²) < 4.78 is 9.04. The Labute approximate surface area is 183 Å². The maximum absolute atomic E-state index is 13.1. The van der Waals surface area contributed by atoms with E-state index >= 15 is 0 Å². The Balaban J connectivity index is 1.30. The summed E-state index contributed by atoms with van der Waals surface area (Å²) >= 11 is 1.38. The minimum Gasteiger partial charge on any atom is -0.497 e. The van der Waals surface area contributed by atoms with Gasteiger partial charge in [-0.25, -0.2) is 0 Å². The van der Waals surface area contributed by atoms with Crippen LogP contribution < -0.4 is 4.74 Å². The molecule has 31 heavy (non-hydrogen) atoms. The van der Waals surface area contributed by atoms with E-state index in [1.165, 1.54) is 11.8 Å². The summed E-state index contributed by atoms with van der Waals surface area (Å²) in [6.45, 7) is 0.719. The fourth-order valence-electron chi connectivity index (χ4n) is 3.87. The van der Waals surface area contributed by atoms with Crippen LogP contribution in [0.4, 0.5) is 0 Å². The molecular formula is C21H21N7O2S. The number of likely N-dealkylation sites (tertiary alicyclic amines) is 1. The van der Waals surface area contributed by atoms with Crippen LogP contribution in [0.2, 0.25) is 0 Å². The highest BCUT2D eigenvalue weighted by molar-refractivity contribution is 7.99. The highest BCUT2D eigenvalue weighted by Gasteiger charge is 2.33. The molecule has 4 aromatic rings. The molecule has 0 unspecified atom stereocenters. The van der Waals surface area contributed by atoms with Gasteiger partial charge in [0.1, 0.15) is 12.1 Å². The molecule has 0 spiro atoms. The number of hydrogen-bond acceptors (Lipinski definition) is 7. The molecular weight excluding hydrogens is 414 g/mol. The van der Waals surface area contributed by atoms with Crippen LogP contribution in [0.5, 0.6) is 5.75 Å². The SMILES string of the molecule is COc1ccc(-n2cnnc2SCC(=O)N2CCC[C@@H]2c2nnc3ccccn23)cc1. The summed E-state index contributed by atoms with van der Waals surface area (Å²) in [7, 11) is 1.63. The molecule has 0 saturated carbocycles. The van der Waals surface area contributed by atoms with Crippen LogP contribution in [0.25, 0.3) is 11.3 Å². The van der Waals surface area contributed by atoms with Crippen molar-refractivity contribution in [2.45, 2.75) is 24.0 Å². The lowest BCUT2D eigenvalue weighted by Crippen LogP contribution is -2.33. The monoisotopic (exact) mass is 435 g/mol. The van der Waals surface area contributed by atoms with Gasteiger partial charge in [-0.3, -0.25) is 13.8 Å². The van der Waals surface area contributed by atoms with Gasteiger partial charge in [0.15, 0.2) is 16.6 Å². The first kappa shape index (κ1) is 19.6. The average Bonchev–Trinajstić information content (AvgIpc) is 3.56. The lowest BCUT2D eigenvalue weighted by molar-refractivity contribution is -0.129. The molecule has 0 bridgehead atoms. The molecule has 1 fully saturated rings. The molecule has 3 aromatic heterocycles. The van der Waals surface area contributed by atoms with Gasteiger partial charge in [-0.05, 0) is 49.2 Å². The molecule has 1 saturated heterocycles. The van der Waals surface area contributed by atoms with Crippen molar-refractivity contribution in [3.8, 4) is 11.4 Å². The molecule has 158 valence electrons. The Morgan fingerprint density at radius 2 is 2.03 bits per heavy atom. The van der Waals surface area contributed by atoms with Crippen molar-refractivity contribution in [3.05, 3.63) is 60.8 Å². The second-order valence-corrected chi connectivity index (χ2v) is 8.14. The summed E-state index contributed by atoms with van der Waals surface area (Å²) in [5.74, 6) is 1.93. The van der Waals surface area contributed by atoms with Crippen LogP contribution >= 0.6 is 11.8 Å². The van der Waals surface area contributed by atoms with Crippen molar-refractivity contribution < 1.29 is 9.53 Å². The van der Waals surface area contributed by atoms with Crippen LogP contribution in [-0.2, 0) is 4.79 Å². The van der Waals surface area contributed by atoms with Crippen molar-refractivity contribution in [1.82, 2.24) is 34.3 Å². The zero-order valence-corrected chi connectivity index (χ0v) is 17.8. The largest absolute Gasteiger partial charge is 0.497 e. The molecule has 4 heterocycles. The minimum absolute atomic E-state index is 0.0597. The summed E-state index contributed by atoms with van der Waals surface area (Å²) in [4.78, 5) is 15.0. The summed E-state index contributed by atoms with van der Waals surface area (Å²) in [5, 5.41) is 17.5. The molecule has 10 heteroatoms. The lowest BCUT2D eigenvalue weighted by Gasteiger charge is -2.23. The fraction of sp³-hybridized carbons (Fsp3) is 0.286. The van der Waals surface area contributed by atoms with Gasteiger partial charge < -0.3 is 9.64 Å². The molecule has 1 amide bonds. The van der Waals surface area contributed by atoms with E-state index in [2.05, 4.69) is 20.4 Å². The number of amides is 1. The number of carbonyl (C=O) groups excluding carboxylic acids is 1. The Morgan fingerprint density at radius 3 is 2.87 bits per heavy atom. The maximum Gasteiger partial charge on any atom is 0.233 e. The Bertz CT molecular complexity index is 1200. The number of carbonyl (C=O) groups is 1. The minimum atomic E-state index is -0.0649. The normalized spacial score (nSPS) is 16.2. The number of ether oxygens (including phenoxy) is 1. The van der Waals surface area contributed by atoms with E-state index in [1.54, 1.807) is 13.4 Å². The van der Waals surface area contributed by atoms with Gasteiger partial charge in [-0.15, -0.1) is 20.4 Å². The van der Waals surface area contributed by atoms with E-state index in [1.807, 2.05) is 62.5 Å². The van der Waals surface area contributed by atoms with Crippen molar-refractivity contribution >= 4 is 23.3 Å². The highest BCUT2D eigenvalue weighted by atomic mass is 32.2. The lowest BCUT2D eigenvalue weighted by atomic mass is 10.2. The molecule has 0 N–H and O–H groups in total. The highest BCUT2D eigenvalue weighted by Crippen LogP contribution is 2.32. The summed E-state index contributed by atoms with van der Waals surface area (Å²) in [6.07, 6.45) is 5.42. The van der Waals surface area contributed by atoms with E-state index in [0.29, 0.717) is 5.16 Å². The number of hydrogen-bond donors (Lipinski definition) is 0. The van der Waals surface area contributed by atoms with Crippen molar-refractivity contribution in [2.75, 3.05) is 19.4 Å². The number of fused-ring (bicyclic) bond motifs is 1. The first-order valence-electron chi connectivity index (χ1n) is 10.0. The van der Waals surface area contributed by atoms with Gasteiger partial charge >= 0.3 is 0 Å². The predicted octanol–water partition coefficient (Wildman–Crippen LogP) is 2.77. The van der Waals surface area contributed by atoms with Gasteiger partial charge in [-0.1, -0.05) is 17.8 Å². The Morgan fingerprint density at radius 1 is 1.16 bits per heavy atom.